The summed E-state index contributed by atoms with van der Waals surface area (Å²) in [5, 5.41) is 6.83. The fourth-order valence-electron chi connectivity index (χ4n) is 1.51. The van der Waals surface area contributed by atoms with E-state index in [0.717, 1.165) is 18.7 Å². The molecule has 1 saturated heterocycles. The quantitative estimate of drug-likeness (QED) is 0.743. The monoisotopic (exact) mass is 201 g/mol. The molecule has 1 aromatic rings. The van der Waals surface area contributed by atoms with Crippen LogP contribution in [0.5, 0.6) is 0 Å². The lowest BCUT2D eigenvalue weighted by atomic mass is 10.2. The Bertz CT molecular complexity index is 289. The fourth-order valence-corrected chi connectivity index (χ4v) is 1.63. The standard InChI is InChI=1S/C8H12ClN3O/c1-5-2-3-6(13-5)8-10-7(4-9)11-12-8/h5-6H,2-4H2,1H3,(H,10,11,12). The van der Waals surface area contributed by atoms with Crippen molar-refractivity contribution in [2.24, 2.45) is 0 Å². The first-order valence-electron chi connectivity index (χ1n) is 4.42. The number of rotatable bonds is 2. The molecule has 1 aliphatic rings. The Hall–Kier alpha value is -0.610. The zero-order valence-electron chi connectivity index (χ0n) is 7.46. The van der Waals surface area contributed by atoms with E-state index in [2.05, 4.69) is 22.1 Å². The van der Waals surface area contributed by atoms with E-state index in [-0.39, 0.29) is 6.10 Å². The number of hydrogen-bond donors (Lipinski definition) is 1. The summed E-state index contributed by atoms with van der Waals surface area (Å²) in [7, 11) is 0. The van der Waals surface area contributed by atoms with Gasteiger partial charge in [0, 0.05) is 0 Å². The molecule has 2 unspecified atom stereocenters. The molecule has 1 N–H and O–H groups in total. The van der Waals surface area contributed by atoms with Crippen molar-refractivity contribution < 1.29 is 4.74 Å². The highest BCUT2D eigenvalue weighted by molar-refractivity contribution is 6.16. The zero-order chi connectivity index (χ0) is 9.26. The van der Waals surface area contributed by atoms with Crippen LogP contribution in [0.1, 0.15) is 37.5 Å². The maximum atomic E-state index is 5.62. The second-order valence-electron chi connectivity index (χ2n) is 3.29. The van der Waals surface area contributed by atoms with E-state index in [1.165, 1.54) is 0 Å². The summed E-state index contributed by atoms with van der Waals surface area (Å²) in [6, 6.07) is 0. The van der Waals surface area contributed by atoms with Gasteiger partial charge in [-0.15, -0.1) is 11.6 Å². The molecule has 1 aliphatic heterocycles. The highest BCUT2D eigenvalue weighted by atomic mass is 35.5. The molecule has 0 bridgehead atoms. The molecule has 0 aliphatic carbocycles. The molecular weight excluding hydrogens is 190 g/mol. The molecule has 2 heterocycles. The predicted molar refractivity (Wildman–Crippen MR) is 48.5 cm³/mol. The highest BCUT2D eigenvalue weighted by Crippen LogP contribution is 2.30. The first-order valence-corrected chi connectivity index (χ1v) is 4.95. The van der Waals surface area contributed by atoms with Gasteiger partial charge in [-0.05, 0) is 19.8 Å². The Morgan fingerprint density at radius 1 is 1.62 bits per heavy atom. The van der Waals surface area contributed by atoms with Crippen molar-refractivity contribution in [1.29, 1.82) is 0 Å². The number of aromatic amines is 1. The number of alkyl halides is 1. The van der Waals surface area contributed by atoms with E-state index in [4.69, 9.17) is 16.3 Å². The minimum atomic E-state index is 0.0585. The number of ether oxygens (including phenoxy) is 1. The lowest BCUT2D eigenvalue weighted by Gasteiger charge is -2.05. The van der Waals surface area contributed by atoms with Crippen molar-refractivity contribution in [3.05, 3.63) is 11.6 Å². The van der Waals surface area contributed by atoms with Crippen LogP contribution in [0.3, 0.4) is 0 Å². The third-order valence-corrected chi connectivity index (χ3v) is 2.45. The second-order valence-corrected chi connectivity index (χ2v) is 3.55. The summed E-state index contributed by atoms with van der Waals surface area (Å²) < 4.78 is 5.62. The van der Waals surface area contributed by atoms with E-state index in [9.17, 15) is 0 Å². The molecule has 2 rings (SSSR count). The van der Waals surface area contributed by atoms with Crippen LogP contribution >= 0.6 is 11.6 Å². The van der Waals surface area contributed by atoms with Crippen LogP contribution in [0.2, 0.25) is 0 Å². The summed E-state index contributed by atoms with van der Waals surface area (Å²) in [6.45, 7) is 2.06. The molecular formula is C8H12ClN3O. The van der Waals surface area contributed by atoms with Gasteiger partial charge in [0.1, 0.15) is 11.9 Å². The summed E-state index contributed by atoms with van der Waals surface area (Å²) in [6.07, 6.45) is 2.46. The summed E-state index contributed by atoms with van der Waals surface area (Å²) in [4.78, 5) is 4.22. The Kier molecular flexibility index (Phi) is 2.51. The van der Waals surface area contributed by atoms with E-state index in [1.54, 1.807) is 0 Å². The van der Waals surface area contributed by atoms with Crippen LogP contribution in [0.4, 0.5) is 0 Å². The highest BCUT2D eigenvalue weighted by Gasteiger charge is 2.26. The van der Waals surface area contributed by atoms with Crippen molar-refractivity contribution in [3.63, 3.8) is 0 Å². The Morgan fingerprint density at radius 2 is 2.46 bits per heavy atom. The number of halogens is 1. The Labute approximate surface area is 81.6 Å². The molecule has 13 heavy (non-hydrogen) atoms. The summed E-state index contributed by atoms with van der Waals surface area (Å²) in [5.74, 6) is 1.81. The van der Waals surface area contributed by atoms with Gasteiger partial charge in [-0.2, -0.15) is 5.10 Å². The number of aromatic nitrogens is 3. The average Bonchev–Trinajstić information content (AvgIpc) is 2.71. The van der Waals surface area contributed by atoms with Gasteiger partial charge in [0.2, 0.25) is 0 Å². The van der Waals surface area contributed by atoms with Crippen LogP contribution in [0.15, 0.2) is 0 Å². The molecule has 0 radical (unpaired) electrons. The number of hydrogen-bond acceptors (Lipinski definition) is 3. The van der Waals surface area contributed by atoms with Crippen LogP contribution in [-0.2, 0) is 10.6 Å². The van der Waals surface area contributed by atoms with Crippen molar-refractivity contribution in [1.82, 2.24) is 15.2 Å². The van der Waals surface area contributed by atoms with Gasteiger partial charge in [0.05, 0.1) is 12.0 Å². The Balaban J connectivity index is 2.08. The first-order chi connectivity index (χ1) is 6.29. The molecule has 2 atom stereocenters. The molecule has 0 saturated carbocycles. The molecule has 0 spiro atoms. The van der Waals surface area contributed by atoms with Crippen LogP contribution in [-0.4, -0.2) is 21.3 Å². The molecule has 0 amide bonds. The third-order valence-electron chi connectivity index (χ3n) is 2.20. The van der Waals surface area contributed by atoms with Crippen LogP contribution < -0.4 is 0 Å². The van der Waals surface area contributed by atoms with Crippen molar-refractivity contribution in [2.45, 2.75) is 37.9 Å². The maximum Gasteiger partial charge on any atom is 0.179 e. The minimum Gasteiger partial charge on any atom is -0.367 e. The smallest absolute Gasteiger partial charge is 0.179 e. The molecule has 1 fully saturated rings. The van der Waals surface area contributed by atoms with Gasteiger partial charge >= 0.3 is 0 Å². The summed E-state index contributed by atoms with van der Waals surface area (Å²) in [5.41, 5.74) is 0. The molecule has 5 heteroatoms. The van der Waals surface area contributed by atoms with E-state index >= 15 is 0 Å². The Morgan fingerprint density at radius 3 is 3.00 bits per heavy atom. The van der Waals surface area contributed by atoms with Gasteiger partial charge < -0.3 is 4.74 Å². The maximum absolute atomic E-state index is 5.62. The van der Waals surface area contributed by atoms with Crippen LogP contribution in [0.25, 0.3) is 0 Å². The average molecular weight is 202 g/mol. The number of H-pyrrole nitrogens is 1. The molecule has 0 aromatic carbocycles. The van der Waals surface area contributed by atoms with Crippen molar-refractivity contribution in [2.75, 3.05) is 0 Å². The molecule has 72 valence electrons. The minimum absolute atomic E-state index is 0.0585. The second kappa shape index (κ2) is 3.64. The van der Waals surface area contributed by atoms with Crippen molar-refractivity contribution in [3.8, 4) is 0 Å². The van der Waals surface area contributed by atoms with Gasteiger partial charge in [-0.1, -0.05) is 0 Å². The predicted octanol–water partition coefficient (Wildman–Crippen LogP) is 1.78. The van der Waals surface area contributed by atoms with E-state index < -0.39 is 0 Å². The van der Waals surface area contributed by atoms with Gasteiger partial charge in [0.25, 0.3) is 0 Å². The molecule has 1 aromatic heterocycles. The normalized spacial score (nSPS) is 28.2. The lowest BCUT2D eigenvalue weighted by molar-refractivity contribution is 0.0505. The zero-order valence-corrected chi connectivity index (χ0v) is 8.21. The van der Waals surface area contributed by atoms with Gasteiger partial charge in [0.15, 0.2) is 5.82 Å². The fraction of sp³-hybridized carbons (Fsp3) is 0.750. The topological polar surface area (TPSA) is 50.8 Å². The first kappa shape index (κ1) is 8.97. The number of nitrogens with zero attached hydrogens (tertiary/aromatic N) is 2. The third kappa shape index (κ3) is 1.84. The largest absolute Gasteiger partial charge is 0.367 e. The van der Waals surface area contributed by atoms with E-state index in [0.29, 0.717) is 17.8 Å². The SMILES string of the molecule is CC1CCC(c2n[nH]c(CCl)n2)O1. The van der Waals surface area contributed by atoms with Gasteiger partial charge in [-0.25, -0.2) is 4.98 Å². The number of nitrogens with one attached hydrogen (secondary N) is 1. The van der Waals surface area contributed by atoms with E-state index in [1.807, 2.05) is 0 Å². The van der Waals surface area contributed by atoms with Crippen LogP contribution in [0, 0.1) is 0 Å². The lowest BCUT2D eigenvalue weighted by Crippen LogP contribution is -2.02. The molecule has 4 nitrogen and oxygen atoms in total. The van der Waals surface area contributed by atoms with Gasteiger partial charge in [-0.3, -0.25) is 5.10 Å². The summed E-state index contributed by atoms with van der Waals surface area (Å²) >= 11 is 5.60. The van der Waals surface area contributed by atoms with Crippen molar-refractivity contribution >= 4 is 11.6 Å².